The Morgan fingerprint density at radius 1 is 1.28 bits per heavy atom. The molecule has 1 heterocycles. The molecule has 0 spiro atoms. The maximum atomic E-state index is 11.9. The van der Waals surface area contributed by atoms with Crippen LogP contribution in [0.3, 0.4) is 0 Å². The Hall–Kier alpha value is -1.97. The lowest BCUT2D eigenvalue weighted by Crippen LogP contribution is -2.03. The van der Waals surface area contributed by atoms with Gasteiger partial charge >= 0.3 is 0 Å². The van der Waals surface area contributed by atoms with Crippen LogP contribution in [-0.4, -0.2) is 15.9 Å². The molecule has 4 heteroatoms. The highest BCUT2D eigenvalue weighted by atomic mass is 16.5. The zero-order valence-electron chi connectivity index (χ0n) is 10.4. The normalized spacial score (nSPS) is 10.5. The molecule has 0 aliphatic heterocycles. The van der Waals surface area contributed by atoms with Gasteiger partial charge in [-0.1, -0.05) is 48.8 Å². The zero-order valence-corrected chi connectivity index (χ0v) is 10.4. The topological polar surface area (TPSA) is 56.0 Å². The van der Waals surface area contributed by atoms with Crippen molar-refractivity contribution >= 4 is 5.78 Å². The SMILES string of the molecule is CCCCc1noc(CC(=O)c2ccccc2)n1. The van der Waals surface area contributed by atoms with Gasteiger partial charge in [-0.25, -0.2) is 0 Å². The number of hydrogen-bond donors (Lipinski definition) is 0. The molecule has 0 aliphatic carbocycles. The fraction of sp³-hybridized carbons (Fsp3) is 0.357. The van der Waals surface area contributed by atoms with E-state index in [4.69, 9.17) is 4.52 Å². The zero-order chi connectivity index (χ0) is 12.8. The maximum absolute atomic E-state index is 11.9. The van der Waals surface area contributed by atoms with E-state index in [1.165, 1.54) is 0 Å². The number of benzene rings is 1. The summed E-state index contributed by atoms with van der Waals surface area (Å²) >= 11 is 0. The van der Waals surface area contributed by atoms with Crippen molar-refractivity contribution in [1.29, 1.82) is 0 Å². The number of rotatable bonds is 6. The Morgan fingerprint density at radius 3 is 2.78 bits per heavy atom. The number of hydrogen-bond acceptors (Lipinski definition) is 4. The summed E-state index contributed by atoms with van der Waals surface area (Å²) in [6, 6.07) is 9.14. The second-order valence-electron chi connectivity index (χ2n) is 4.17. The number of nitrogens with zero attached hydrogens (tertiary/aromatic N) is 2. The average Bonchev–Trinajstić information content (AvgIpc) is 2.85. The van der Waals surface area contributed by atoms with Crippen LogP contribution in [-0.2, 0) is 12.8 Å². The van der Waals surface area contributed by atoms with Crippen molar-refractivity contribution in [3.8, 4) is 0 Å². The van der Waals surface area contributed by atoms with Gasteiger partial charge in [0.1, 0.15) is 0 Å². The van der Waals surface area contributed by atoms with Crippen molar-refractivity contribution in [2.75, 3.05) is 0 Å². The molecule has 1 aromatic carbocycles. The van der Waals surface area contributed by atoms with E-state index >= 15 is 0 Å². The number of Topliss-reactive ketones (excluding diaryl/α,β-unsaturated/α-hetero) is 1. The minimum atomic E-state index is 0.00120. The molecule has 94 valence electrons. The Bertz CT molecular complexity index is 506. The lowest BCUT2D eigenvalue weighted by atomic mass is 10.1. The fourth-order valence-electron chi connectivity index (χ4n) is 1.66. The van der Waals surface area contributed by atoms with E-state index < -0.39 is 0 Å². The summed E-state index contributed by atoms with van der Waals surface area (Å²) in [6.45, 7) is 2.11. The predicted octanol–water partition coefficient (Wildman–Crippen LogP) is 2.84. The van der Waals surface area contributed by atoms with Gasteiger partial charge in [0.15, 0.2) is 11.6 Å². The number of carbonyl (C=O) groups excluding carboxylic acids is 1. The molecule has 0 unspecified atom stereocenters. The van der Waals surface area contributed by atoms with E-state index in [0.29, 0.717) is 17.3 Å². The third-order valence-electron chi connectivity index (χ3n) is 2.67. The van der Waals surface area contributed by atoms with Crippen molar-refractivity contribution in [2.24, 2.45) is 0 Å². The summed E-state index contributed by atoms with van der Waals surface area (Å²) < 4.78 is 5.07. The summed E-state index contributed by atoms with van der Waals surface area (Å²) in [5, 5.41) is 3.86. The van der Waals surface area contributed by atoms with Gasteiger partial charge in [-0.05, 0) is 6.42 Å². The van der Waals surface area contributed by atoms with E-state index in [1.807, 2.05) is 18.2 Å². The van der Waals surface area contributed by atoms with Crippen LogP contribution in [0.5, 0.6) is 0 Å². The van der Waals surface area contributed by atoms with Crippen molar-refractivity contribution in [3.05, 3.63) is 47.6 Å². The Morgan fingerprint density at radius 2 is 2.06 bits per heavy atom. The second kappa shape index (κ2) is 6.10. The minimum absolute atomic E-state index is 0.00120. The van der Waals surface area contributed by atoms with Crippen molar-refractivity contribution < 1.29 is 9.32 Å². The summed E-state index contributed by atoms with van der Waals surface area (Å²) in [5.74, 6) is 1.09. The molecule has 0 atom stereocenters. The minimum Gasteiger partial charge on any atom is -0.339 e. The van der Waals surface area contributed by atoms with Gasteiger partial charge < -0.3 is 4.52 Å². The smallest absolute Gasteiger partial charge is 0.234 e. The van der Waals surface area contributed by atoms with Gasteiger partial charge in [-0.15, -0.1) is 0 Å². The number of aryl methyl sites for hydroxylation is 1. The van der Waals surface area contributed by atoms with Crippen LogP contribution < -0.4 is 0 Å². The highest BCUT2D eigenvalue weighted by Crippen LogP contribution is 2.07. The summed E-state index contributed by atoms with van der Waals surface area (Å²) in [4.78, 5) is 16.1. The molecule has 2 aromatic rings. The van der Waals surface area contributed by atoms with E-state index in [1.54, 1.807) is 12.1 Å². The van der Waals surface area contributed by atoms with Crippen molar-refractivity contribution in [2.45, 2.75) is 32.6 Å². The highest BCUT2D eigenvalue weighted by molar-refractivity contribution is 5.96. The summed E-state index contributed by atoms with van der Waals surface area (Å²) in [6.07, 6.45) is 3.10. The molecular weight excluding hydrogens is 228 g/mol. The van der Waals surface area contributed by atoms with Gasteiger partial charge in [-0.2, -0.15) is 4.98 Å². The van der Waals surface area contributed by atoms with Gasteiger partial charge in [0.25, 0.3) is 0 Å². The number of ketones is 1. The first-order valence-electron chi connectivity index (χ1n) is 6.19. The first-order chi connectivity index (χ1) is 8.79. The maximum Gasteiger partial charge on any atom is 0.234 e. The average molecular weight is 244 g/mol. The molecule has 0 bridgehead atoms. The van der Waals surface area contributed by atoms with Crippen molar-refractivity contribution in [3.63, 3.8) is 0 Å². The second-order valence-corrected chi connectivity index (χ2v) is 4.17. The van der Waals surface area contributed by atoms with Crippen LogP contribution >= 0.6 is 0 Å². The molecule has 0 amide bonds. The van der Waals surface area contributed by atoms with Crippen LogP contribution in [0.4, 0.5) is 0 Å². The fourth-order valence-corrected chi connectivity index (χ4v) is 1.66. The molecule has 0 saturated heterocycles. The molecule has 0 N–H and O–H groups in total. The summed E-state index contributed by atoms with van der Waals surface area (Å²) in [5.41, 5.74) is 0.672. The molecule has 0 radical (unpaired) electrons. The third-order valence-corrected chi connectivity index (χ3v) is 2.67. The van der Waals surface area contributed by atoms with Crippen LogP contribution in [0.25, 0.3) is 0 Å². The Labute approximate surface area is 106 Å². The monoisotopic (exact) mass is 244 g/mol. The predicted molar refractivity (Wildman–Crippen MR) is 67.4 cm³/mol. The standard InChI is InChI=1S/C14H16N2O2/c1-2-3-9-13-15-14(18-16-13)10-12(17)11-7-5-4-6-8-11/h4-8H,2-3,9-10H2,1H3. The lowest BCUT2D eigenvalue weighted by molar-refractivity contribution is 0.0983. The number of carbonyl (C=O) groups is 1. The molecule has 2 rings (SSSR count). The lowest BCUT2D eigenvalue weighted by Gasteiger charge is -1.96. The van der Waals surface area contributed by atoms with Gasteiger partial charge in [0.2, 0.25) is 5.89 Å². The van der Waals surface area contributed by atoms with E-state index in [2.05, 4.69) is 17.1 Å². The quantitative estimate of drug-likeness (QED) is 0.733. The highest BCUT2D eigenvalue weighted by Gasteiger charge is 2.12. The van der Waals surface area contributed by atoms with Gasteiger partial charge in [0, 0.05) is 12.0 Å². The number of aromatic nitrogens is 2. The Balaban J connectivity index is 1.97. The largest absolute Gasteiger partial charge is 0.339 e. The van der Waals surface area contributed by atoms with Crippen LogP contribution in [0, 0.1) is 0 Å². The molecular formula is C14H16N2O2. The van der Waals surface area contributed by atoms with E-state index in [9.17, 15) is 4.79 Å². The first-order valence-corrected chi connectivity index (χ1v) is 6.19. The molecule has 18 heavy (non-hydrogen) atoms. The van der Waals surface area contributed by atoms with E-state index in [-0.39, 0.29) is 12.2 Å². The Kier molecular flexibility index (Phi) is 4.23. The number of unbranched alkanes of at least 4 members (excludes halogenated alkanes) is 1. The van der Waals surface area contributed by atoms with Gasteiger partial charge in [-0.3, -0.25) is 4.79 Å². The van der Waals surface area contributed by atoms with E-state index in [0.717, 1.165) is 19.3 Å². The van der Waals surface area contributed by atoms with Gasteiger partial charge in [0.05, 0.1) is 6.42 Å². The molecule has 4 nitrogen and oxygen atoms in total. The van der Waals surface area contributed by atoms with Crippen LogP contribution in [0.1, 0.15) is 41.8 Å². The van der Waals surface area contributed by atoms with Crippen LogP contribution in [0.15, 0.2) is 34.9 Å². The van der Waals surface area contributed by atoms with Crippen molar-refractivity contribution in [1.82, 2.24) is 10.1 Å². The summed E-state index contributed by atoms with van der Waals surface area (Å²) in [7, 11) is 0. The molecule has 0 aliphatic rings. The molecule has 1 aromatic heterocycles. The molecule has 0 saturated carbocycles. The van der Waals surface area contributed by atoms with Crippen LogP contribution in [0.2, 0.25) is 0 Å². The molecule has 0 fully saturated rings. The third kappa shape index (κ3) is 3.26. The first kappa shape index (κ1) is 12.5.